The second kappa shape index (κ2) is 14.3. The van der Waals surface area contributed by atoms with Crippen LogP contribution in [0.1, 0.15) is 54.2 Å². The number of nitrogens with zero attached hydrogens (tertiary/aromatic N) is 3. The van der Waals surface area contributed by atoms with Crippen LogP contribution < -0.4 is 0 Å². The largest absolute Gasteiger partial charge is 0.208 e. The number of hydrogen-bond donors (Lipinski definition) is 0. The molecule has 1 spiro atoms. The van der Waals surface area contributed by atoms with E-state index >= 15 is 0 Å². The molecule has 0 amide bonds. The minimum atomic E-state index is -0.467. The van der Waals surface area contributed by atoms with E-state index in [1.165, 1.54) is 50.1 Å². The summed E-state index contributed by atoms with van der Waals surface area (Å²) >= 11 is 0. The first-order chi connectivity index (χ1) is 28.9. The molecule has 0 N–H and O–H groups in total. The molecule has 0 saturated carbocycles. The Morgan fingerprint density at radius 1 is 0.424 bits per heavy atom. The van der Waals surface area contributed by atoms with Gasteiger partial charge < -0.3 is 0 Å². The van der Waals surface area contributed by atoms with E-state index in [0.29, 0.717) is 17.5 Å². The lowest BCUT2D eigenvalue weighted by molar-refractivity contribution is 0.558. The first-order valence-electron chi connectivity index (χ1n) is 20.3. The van der Waals surface area contributed by atoms with Gasteiger partial charge in [0, 0.05) is 22.1 Å². The van der Waals surface area contributed by atoms with Crippen molar-refractivity contribution in [2.24, 2.45) is 0 Å². The molecular weight excluding hydrogens is 715 g/mol. The zero-order valence-electron chi connectivity index (χ0n) is 33.5. The van der Waals surface area contributed by atoms with Gasteiger partial charge >= 0.3 is 0 Å². The van der Waals surface area contributed by atoms with Crippen molar-refractivity contribution in [3.05, 3.63) is 240 Å². The van der Waals surface area contributed by atoms with Gasteiger partial charge in [-0.1, -0.05) is 202 Å². The lowest BCUT2D eigenvalue weighted by atomic mass is 9.55. The van der Waals surface area contributed by atoms with Gasteiger partial charge in [0.05, 0.1) is 5.41 Å². The number of aromatic nitrogens is 3. The molecule has 10 rings (SSSR count). The summed E-state index contributed by atoms with van der Waals surface area (Å²) in [6.07, 6.45) is 6.13. The van der Waals surface area contributed by atoms with Gasteiger partial charge in [0.15, 0.2) is 17.5 Å². The highest BCUT2D eigenvalue weighted by molar-refractivity contribution is 5.93. The fraction of sp³-hybridized carbons (Fsp3) is 0.0893. The maximum absolute atomic E-state index is 5.25. The summed E-state index contributed by atoms with van der Waals surface area (Å²) in [6.45, 7) is 11.1. The van der Waals surface area contributed by atoms with Crippen LogP contribution in [0.5, 0.6) is 0 Å². The van der Waals surface area contributed by atoms with E-state index in [2.05, 4.69) is 203 Å². The quantitative estimate of drug-likeness (QED) is 0.152. The highest BCUT2D eigenvalue weighted by atomic mass is 15.0. The number of allylic oxidation sites excluding steroid dienone is 5. The topological polar surface area (TPSA) is 38.7 Å². The molecule has 0 atom stereocenters. The molecule has 282 valence electrons. The van der Waals surface area contributed by atoms with Crippen LogP contribution in [0.4, 0.5) is 0 Å². The van der Waals surface area contributed by atoms with Crippen molar-refractivity contribution in [3.63, 3.8) is 0 Å². The lowest BCUT2D eigenvalue weighted by Crippen LogP contribution is -2.40. The number of hydrogen-bond acceptors (Lipinski definition) is 3. The molecule has 0 fully saturated rings. The van der Waals surface area contributed by atoms with E-state index in [1.807, 2.05) is 18.2 Å². The van der Waals surface area contributed by atoms with E-state index in [0.717, 1.165) is 33.4 Å². The Hall–Kier alpha value is -7.23. The van der Waals surface area contributed by atoms with Crippen molar-refractivity contribution in [1.29, 1.82) is 0 Å². The zero-order chi connectivity index (χ0) is 40.1. The Morgan fingerprint density at radius 3 is 1.46 bits per heavy atom. The fourth-order valence-corrected chi connectivity index (χ4v) is 9.59. The maximum atomic E-state index is 5.25. The standard InChI is InChI=1S/C56H43N3/c1-5-6-24-45-37(2)56(50-27-15-13-25-48(50)55(3,4)49-26-14-16-28-51(49)56)47-34-33-44(36-46(45)47)54-58-52(41-31-29-40(30-32-41)38-18-9-7-10-19-38)57-53(59-54)43-23-17-22-42(35-43)39-20-11-8-12-21-39/h5-36H,1H2,2-4H3/b24-6-. The molecule has 0 bridgehead atoms. The van der Waals surface area contributed by atoms with Gasteiger partial charge in [-0.05, 0) is 85.8 Å². The lowest BCUT2D eigenvalue weighted by Gasteiger charge is -2.47. The van der Waals surface area contributed by atoms with Crippen molar-refractivity contribution in [1.82, 2.24) is 15.0 Å². The number of benzene rings is 7. The predicted molar refractivity (Wildman–Crippen MR) is 244 cm³/mol. The Bertz CT molecular complexity index is 2920. The van der Waals surface area contributed by atoms with Crippen molar-refractivity contribution < 1.29 is 0 Å². The average molecular weight is 758 g/mol. The minimum absolute atomic E-state index is 0.159. The van der Waals surface area contributed by atoms with Gasteiger partial charge in [0.2, 0.25) is 0 Å². The molecule has 8 aromatic rings. The van der Waals surface area contributed by atoms with Gasteiger partial charge in [-0.15, -0.1) is 0 Å². The highest BCUT2D eigenvalue weighted by Crippen LogP contribution is 2.61. The van der Waals surface area contributed by atoms with E-state index in [9.17, 15) is 0 Å². The number of rotatable bonds is 7. The molecule has 1 aromatic heterocycles. The molecular formula is C56H43N3. The molecule has 3 nitrogen and oxygen atoms in total. The van der Waals surface area contributed by atoms with Crippen molar-refractivity contribution in [2.75, 3.05) is 0 Å². The summed E-state index contributed by atoms with van der Waals surface area (Å²) in [5.41, 5.74) is 17.0. The smallest absolute Gasteiger partial charge is 0.164 e. The predicted octanol–water partition coefficient (Wildman–Crippen LogP) is 13.7. The van der Waals surface area contributed by atoms with E-state index < -0.39 is 5.41 Å². The molecule has 2 aliphatic carbocycles. The zero-order valence-corrected chi connectivity index (χ0v) is 33.5. The van der Waals surface area contributed by atoms with E-state index in [4.69, 9.17) is 15.0 Å². The molecule has 1 heterocycles. The monoisotopic (exact) mass is 757 g/mol. The molecule has 3 heteroatoms. The SMILES string of the molecule is C=C/C=C\C1=C(C)C2(c3ccc(-c4nc(-c5ccc(-c6ccccc6)cc5)nc(-c5cccc(-c6ccccc6)c5)n4)cc31)c1ccccc1C(C)(C)c1ccccc12. The van der Waals surface area contributed by atoms with Crippen LogP contribution in [0.3, 0.4) is 0 Å². The van der Waals surface area contributed by atoms with Crippen molar-refractivity contribution >= 4 is 5.57 Å². The van der Waals surface area contributed by atoms with Crippen LogP contribution >= 0.6 is 0 Å². The van der Waals surface area contributed by atoms with Crippen LogP contribution in [0.15, 0.2) is 206 Å². The van der Waals surface area contributed by atoms with Gasteiger partial charge in [0.25, 0.3) is 0 Å². The third-order valence-electron chi connectivity index (χ3n) is 12.5. The van der Waals surface area contributed by atoms with Gasteiger partial charge in [-0.2, -0.15) is 0 Å². The van der Waals surface area contributed by atoms with Crippen LogP contribution in [0.2, 0.25) is 0 Å². The summed E-state index contributed by atoms with van der Waals surface area (Å²) < 4.78 is 0. The van der Waals surface area contributed by atoms with Crippen LogP contribution in [0.25, 0.3) is 62.0 Å². The summed E-state index contributed by atoms with van der Waals surface area (Å²) in [7, 11) is 0. The number of fused-ring (bicyclic) bond motifs is 6. The molecule has 0 saturated heterocycles. The normalized spacial score (nSPS) is 14.6. The Labute approximate surface area is 346 Å². The molecule has 7 aromatic carbocycles. The van der Waals surface area contributed by atoms with E-state index in [-0.39, 0.29) is 5.41 Å². The van der Waals surface area contributed by atoms with E-state index in [1.54, 1.807) is 0 Å². The molecule has 0 aliphatic heterocycles. The Morgan fingerprint density at radius 2 is 0.864 bits per heavy atom. The third kappa shape index (κ3) is 5.84. The van der Waals surface area contributed by atoms with Crippen LogP contribution in [-0.4, -0.2) is 15.0 Å². The second-order valence-corrected chi connectivity index (χ2v) is 16.1. The first kappa shape index (κ1) is 36.1. The minimum Gasteiger partial charge on any atom is -0.208 e. The first-order valence-corrected chi connectivity index (χ1v) is 20.3. The second-order valence-electron chi connectivity index (χ2n) is 16.1. The highest BCUT2D eigenvalue weighted by Gasteiger charge is 2.52. The molecule has 59 heavy (non-hydrogen) atoms. The van der Waals surface area contributed by atoms with Gasteiger partial charge in [0.1, 0.15) is 0 Å². The average Bonchev–Trinajstić information content (AvgIpc) is 3.54. The summed E-state index contributed by atoms with van der Waals surface area (Å²) in [4.78, 5) is 15.6. The van der Waals surface area contributed by atoms with Gasteiger partial charge in [-0.3, -0.25) is 0 Å². The summed E-state index contributed by atoms with van der Waals surface area (Å²) in [5, 5.41) is 0. The van der Waals surface area contributed by atoms with Crippen molar-refractivity contribution in [2.45, 2.75) is 31.6 Å². The van der Waals surface area contributed by atoms with Gasteiger partial charge in [-0.25, -0.2) is 15.0 Å². The van der Waals surface area contributed by atoms with Crippen LogP contribution in [-0.2, 0) is 10.8 Å². The Kier molecular flexibility index (Phi) is 8.76. The fourth-order valence-electron chi connectivity index (χ4n) is 9.59. The Balaban J connectivity index is 1.18. The summed E-state index contributed by atoms with van der Waals surface area (Å²) in [6, 6.07) is 62.8. The maximum Gasteiger partial charge on any atom is 0.164 e. The molecule has 2 aliphatic rings. The summed E-state index contributed by atoms with van der Waals surface area (Å²) in [5.74, 6) is 1.88. The van der Waals surface area contributed by atoms with Crippen LogP contribution in [0, 0.1) is 0 Å². The third-order valence-corrected chi connectivity index (χ3v) is 12.5. The molecule has 0 radical (unpaired) electrons. The van der Waals surface area contributed by atoms with Crippen molar-refractivity contribution in [3.8, 4) is 56.4 Å². The molecule has 0 unspecified atom stereocenters.